The molecule has 6 heteroatoms. The van der Waals surface area contributed by atoms with E-state index in [0.29, 0.717) is 5.69 Å². The maximum Gasteiger partial charge on any atom is 0.223 e. The molecule has 0 spiro atoms. The van der Waals surface area contributed by atoms with Crippen LogP contribution in [-0.2, 0) is 6.42 Å². The zero-order valence-corrected chi connectivity index (χ0v) is 11.6. The molecule has 2 heterocycles. The van der Waals surface area contributed by atoms with E-state index in [1.807, 2.05) is 0 Å². The van der Waals surface area contributed by atoms with E-state index < -0.39 is 11.6 Å². The third-order valence-electron chi connectivity index (χ3n) is 3.02. The molecule has 2 aromatic rings. The molecule has 0 radical (unpaired) electrons. The van der Waals surface area contributed by atoms with E-state index in [-0.39, 0.29) is 16.4 Å². The number of aromatic nitrogens is 2. The molecular formula is C13H9ClF2N2S. The van der Waals surface area contributed by atoms with Crippen LogP contribution in [-0.4, -0.2) is 15.7 Å². The highest BCUT2D eigenvalue weighted by Crippen LogP contribution is 2.39. The van der Waals surface area contributed by atoms with Crippen LogP contribution in [0.3, 0.4) is 0 Å². The molecule has 0 saturated carbocycles. The number of nitrogens with zero attached hydrogens (tertiary/aromatic N) is 2. The van der Waals surface area contributed by atoms with E-state index in [0.717, 1.165) is 22.8 Å². The lowest BCUT2D eigenvalue weighted by Gasteiger charge is -2.09. The second-order valence-corrected chi connectivity index (χ2v) is 5.72. The number of hydrogen-bond donors (Lipinski definition) is 0. The molecule has 98 valence electrons. The number of thioether (sulfide) groups is 1. The molecule has 3 rings (SSSR count). The number of hydrogen-bond acceptors (Lipinski definition) is 3. The molecule has 1 aromatic heterocycles. The molecule has 0 amide bonds. The van der Waals surface area contributed by atoms with E-state index in [1.165, 1.54) is 19.1 Å². The van der Waals surface area contributed by atoms with Gasteiger partial charge in [-0.2, -0.15) is 0 Å². The van der Waals surface area contributed by atoms with Gasteiger partial charge < -0.3 is 0 Å². The summed E-state index contributed by atoms with van der Waals surface area (Å²) in [6.07, 6.45) is 0.769. The Labute approximate surface area is 118 Å². The number of fused-ring (bicyclic) bond motifs is 1. The molecule has 1 aliphatic rings. The van der Waals surface area contributed by atoms with Gasteiger partial charge in [0.15, 0.2) is 11.6 Å². The average molecular weight is 299 g/mol. The normalized spacial score (nSPS) is 13.7. The summed E-state index contributed by atoms with van der Waals surface area (Å²) in [5.41, 5.74) is 1.60. The smallest absolute Gasteiger partial charge is 0.222 e. The van der Waals surface area contributed by atoms with Gasteiger partial charge in [0.1, 0.15) is 0 Å². The minimum absolute atomic E-state index is 0.0663. The molecule has 0 atom stereocenters. The van der Waals surface area contributed by atoms with E-state index in [2.05, 4.69) is 9.97 Å². The molecule has 19 heavy (non-hydrogen) atoms. The maximum absolute atomic E-state index is 14.1. The summed E-state index contributed by atoms with van der Waals surface area (Å²) in [4.78, 5) is 9.00. The predicted molar refractivity (Wildman–Crippen MR) is 71.6 cm³/mol. The summed E-state index contributed by atoms with van der Waals surface area (Å²) in [6.45, 7) is 1.52. The second-order valence-electron chi connectivity index (χ2n) is 4.27. The Morgan fingerprint density at radius 1 is 1.21 bits per heavy atom. The molecule has 1 aliphatic heterocycles. The van der Waals surface area contributed by atoms with Gasteiger partial charge in [-0.25, -0.2) is 18.7 Å². The summed E-state index contributed by atoms with van der Waals surface area (Å²) in [7, 11) is 0. The maximum atomic E-state index is 14.1. The van der Waals surface area contributed by atoms with Crippen LogP contribution in [0.4, 0.5) is 8.78 Å². The van der Waals surface area contributed by atoms with Gasteiger partial charge in [0.25, 0.3) is 0 Å². The Morgan fingerprint density at radius 3 is 2.79 bits per heavy atom. The zero-order valence-electron chi connectivity index (χ0n) is 10.0. The van der Waals surface area contributed by atoms with E-state index >= 15 is 0 Å². The van der Waals surface area contributed by atoms with Gasteiger partial charge in [-0.05, 0) is 30.2 Å². The van der Waals surface area contributed by atoms with E-state index in [4.69, 9.17) is 11.6 Å². The first-order valence-electron chi connectivity index (χ1n) is 5.72. The summed E-state index contributed by atoms with van der Waals surface area (Å²) < 4.78 is 27.7. The van der Waals surface area contributed by atoms with E-state index in [1.54, 1.807) is 11.8 Å². The van der Waals surface area contributed by atoms with Gasteiger partial charge in [0, 0.05) is 17.7 Å². The number of rotatable bonds is 1. The molecule has 0 fully saturated rings. The molecule has 0 saturated heterocycles. The summed E-state index contributed by atoms with van der Waals surface area (Å²) >= 11 is 7.40. The van der Waals surface area contributed by atoms with Crippen LogP contribution in [0.2, 0.25) is 5.28 Å². The number of benzene rings is 1. The first-order chi connectivity index (χ1) is 9.08. The lowest BCUT2D eigenvalue weighted by atomic mass is 10.1. The first kappa shape index (κ1) is 12.8. The Kier molecular flexibility index (Phi) is 3.19. The fourth-order valence-corrected chi connectivity index (χ4v) is 3.34. The van der Waals surface area contributed by atoms with Gasteiger partial charge in [-0.1, -0.05) is 6.07 Å². The third kappa shape index (κ3) is 2.11. The van der Waals surface area contributed by atoms with Crippen LogP contribution in [0.25, 0.3) is 11.3 Å². The number of halogens is 3. The Morgan fingerprint density at radius 2 is 2.00 bits per heavy atom. The van der Waals surface area contributed by atoms with Crippen molar-refractivity contribution in [2.24, 2.45) is 0 Å². The molecule has 1 aromatic carbocycles. The fraction of sp³-hybridized carbons (Fsp3) is 0.231. The van der Waals surface area contributed by atoms with Gasteiger partial charge in [-0.3, -0.25) is 0 Å². The van der Waals surface area contributed by atoms with Crippen LogP contribution >= 0.6 is 23.4 Å². The van der Waals surface area contributed by atoms with Gasteiger partial charge >= 0.3 is 0 Å². The summed E-state index contributed by atoms with van der Waals surface area (Å²) in [5.74, 6) is -0.874. The molecular weight excluding hydrogens is 290 g/mol. The standard InChI is InChI=1S/C13H9ClF2N2S/c1-6-2-3-7(10(16)9(6)15)11-12-8(4-5-19-12)17-13(14)18-11/h2-3H,4-5H2,1H3. The van der Waals surface area contributed by atoms with Gasteiger partial charge in [-0.15, -0.1) is 11.8 Å². The monoisotopic (exact) mass is 298 g/mol. The molecule has 0 N–H and O–H groups in total. The van der Waals surface area contributed by atoms with Crippen molar-refractivity contribution in [2.45, 2.75) is 18.2 Å². The van der Waals surface area contributed by atoms with Crippen LogP contribution in [0.15, 0.2) is 17.0 Å². The zero-order chi connectivity index (χ0) is 13.6. The van der Waals surface area contributed by atoms with Crippen molar-refractivity contribution >= 4 is 23.4 Å². The average Bonchev–Trinajstić information content (AvgIpc) is 2.83. The number of aryl methyl sites for hydroxylation is 2. The van der Waals surface area contributed by atoms with Crippen molar-refractivity contribution in [1.82, 2.24) is 9.97 Å². The molecule has 0 unspecified atom stereocenters. The molecule has 0 aliphatic carbocycles. The Hall–Kier alpha value is -1.20. The Balaban J connectivity index is 2.26. The van der Waals surface area contributed by atoms with E-state index in [9.17, 15) is 8.78 Å². The van der Waals surface area contributed by atoms with Crippen molar-refractivity contribution in [3.8, 4) is 11.3 Å². The van der Waals surface area contributed by atoms with Crippen molar-refractivity contribution in [1.29, 1.82) is 0 Å². The van der Waals surface area contributed by atoms with Crippen molar-refractivity contribution in [3.63, 3.8) is 0 Å². The third-order valence-corrected chi connectivity index (χ3v) is 4.32. The van der Waals surface area contributed by atoms with Gasteiger partial charge in [0.2, 0.25) is 5.28 Å². The highest BCUT2D eigenvalue weighted by atomic mass is 35.5. The Bertz CT molecular complexity index is 676. The minimum atomic E-state index is -0.885. The summed E-state index contributed by atoms with van der Waals surface area (Å²) in [6, 6.07) is 3.07. The molecule has 2 nitrogen and oxygen atoms in total. The fourth-order valence-electron chi connectivity index (χ4n) is 2.05. The highest BCUT2D eigenvalue weighted by Gasteiger charge is 2.23. The van der Waals surface area contributed by atoms with Gasteiger partial charge in [0.05, 0.1) is 16.3 Å². The first-order valence-corrected chi connectivity index (χ1v) is 7.08. The lowest BCUT2D eigenvalue weighted by molar-refractivity contribution is 0.505. The second kappa shape index (κ2) is 4.72. The minimum Gasteiger partial charge on any atom is -0.222 e. The largest absolute Gasteiger partial charge is 0.223 e. The van der Waals surface area contributed by atoms with Crippen LogP contribution in [0, 0.1) is 18.6 Å². The SMILES string of the molecule is Cc1ccc(-c2nc(Cl)nc3c2SCC3)c(F)c1F. The van der Waals surface area contributed by atoms with Crippen LogP contribution < -0.4 is 0 Å². The molecule has 0 bridgehead atoms. The predicted octanol–water partition coefficient (Wildman–Crippen LogP) is 4.03. The topological polar surface area (TPSA) is 25.8 Å². The van der Waals surface area contributed by atoms with Crippen molar-refractivity contribution in [2.75, 3.05) is 5.75 Å². The summed E-state index contributed by atoms with van der Waals surface area (Å²) in [5, 5.41) is 0.0663. The van der Waals surface area contributed by atoms with Crippen LogP contribution in [0.5, 0.6) is 0 Å². The van der Waals surface area contributed by atoms with Crippen LogP contribution in [0.1, 0.15) is 11.3 Å². The van der Waals surface area contributed by atoms with Crippen molar-refractivity contribution in [3.05, 3.63) is 40.3 Å². The van der Waals surface area contributed by atoms with Crippen molar-refractivity contribution < 1.29 is 8.78 Å². The quantitative estimate of drug-likeness (QED) is 0.743. The lowest BCUT2D eigenvalue weighted by Crippen LogP contribution is -1.99. The highest BCUT2D eigenvalue weighted by molar-refractivity contribution is 7.99.